The van der Waals surface area contributed by atoms with Crippen LogP contribution in [0.15, 0.2) is 36.4 Å². The number of nitrogens with one attached hydrogen (secondary N) is 1. The van der Waals surface area contributed by atoms with Crippen LogP contribution in [0.4, 0.5) is 0 Å². The molecule has 140 valence electrons. The van der Waals surface area contributed by atoms with Crippen LogP contribution in [0.1, 0.15) is 36.1 Å². The average molecular weight is 412 g/mol. The van der Waals surface area contributed by atoms with Crippen molar-refractivity contribution in [3.63, 3.8) is 0 Å². The standard InChI is InChI=1S/C20H23Cl2NO2S/c1-4-18(14-6-8-19(25-3)13(2)9-14)23-20(24)12-26-11-15-5-7-16(21)10-17(15)22/h5-10,18H,4,11-12H2,1-3H3,(H,23,24)/t18-/m0/s1. The predicted molar refractivity (Wildman–Crippen MR) is 112 cm³/mol. The van der Waals surface area contributed by atoms with Gasteiger partial charge in [0.2, 0.25) is 5.91 Å². The molecule has 6 heteroatoms. The molecule has 0 unspecified atom stereocenters. The van der Waals surface area contributed by atoms with E-state index >= 15 is 0 Å². The highest BCUT2D eigenvalue weighted by molar-refractivity contribution is 7.99. The minimum atomic E-state index is -0.00757. The molecule has 1 N–H and O–H groups in total. The van der Waals surface area contributed by atoms with Gasteiger partial charge >= 0.3 is 0 Å². The lowest BCUT2D eigenvalue weighted by Gasteiger charge is -2.19. The van der Waals surface area contributed by atoms with Crippen LogP contribution in [0, 0.1) is 6.92 Å². The normalized spacial score (nSPS) is 11.9. The molecule has 2 rings (SSSR count). The molecule has 0 heterocycles. The van der Waals surface area contributed by atoms with E-state index in [0.717, 1.165) is 28.9 Å². The fraction of sp³-hybridized carbons (Fsp3) is 0.350. The Balaban J connectivity index is 1.89. The summed E-state index contributed by atoms with van der Waals surface area (Å²) >= 11 is 13.6. The van der Waals surface area contributed by atoms with Crippen LogP contribution in [0.3, 0.4) is 0 Å². The van der Waals surface area contributed by atoms with E-state index < -0.39 is 0 Å². The summed E-state index contributed by atoms with van der Waals surface area (Å²) in [5, 5.41) is 4.35. The Morgan fingerprint density at radius 3 is 2.62 bits per heavy atom. The zero-order valence-corrected chi connectivity index (χ0v) is 17.5. The summed E-state index contributed by atoms with van der Waals surface area (Å²) in [5.41, 5.74) is 3.13. The lowest BCUT2D eigenvalue weighted by Crippen LogP contribution is -2.29. The number of carbonyl (C=O) groups is 1. The molecule has 3 nitrogen and oxygen atoms in total. The van der Waals surface area contributed by atoms with Crippen molar-refractivity contribution in [2.75, 3.05) is 12.9 Å². The van der Waals surface area contributed by atoms with E-state index in [-0.39, 0.29) is 11.9 Å². The average Bonchev–Trinajstić information content (AvgIpc) is 2.61. The van der Waals surface area contributed by atoms with Crippen LogP contribution in [-0.4, -0.2) is 18.8 Å². The predicted octanol–water partition coefficient (Wildman–Crippen LogP) is 5.81. The summed E-state index contributed by atoms with van der Waals surface area (Å²) in [6.07, 6.45) is 0.825. The number of thioether (sulfide) groups is 1. The summed E-state index contributed by atoms with van der Waals surface area (Å²) in [7, 11) is 1.66. The zero-order chi connectivity index (χ0) is 19.1. The molecule has 0 aliphatic heterocycles. The third-order valence-electron chi connectivity index (χ3n) is 4.07. The van der Waals surface area contributed by atoms with Crippen molar-refractivity contribution in [1.29, 1.82) is 0 Å². The van der Waals surface area contributed by atoms with E-state index in [9.17, 15) is 4.79 Å². The van der Waals surface area contributed by atoms with Crippen molar-refractivity contribution in [1.82, 2.24) is 5.32 Å². The molecule has 0 aliphatic rings. The van der Waals surface area contributed by atoms with Crippen LogP contribution in [0.5, 0.6) is 5.75 Å². The van der Waals surface area contributed by atoms with Crippen molar-refractivity contribution in [3.05, 3.63) is 63.1 Å². The molecule has 0 spiro atoms. The second kappa shape index (κ2) is 10.1. The van der Waals surface area contributed by atoms with Gasteiger partial charge in [-0.25, -0.2) is 0 Å². The van der Waals surface area contributed by atoms with Gasteiger partial charge in [-0.05, 0) is 48.2 Å². The fourth-order valence-corrected chi connectivity index (χ4v) is 4.06. The van der Waals surface area contributed by atoms with Gasteiger partial charge in [0, 0.05) is 15.8 Å². The lowest BCUT2D eigenvalue weighted by atomic mass is 10.0. The van der Waals surface area contributed by atoms with E-state index in [2.05, 4.69) is 18.3 Å². The number of carbonyl (C=O) groups excluding carboxylic acids is 1. The maximum absolute atomic E-state index is 12.3. The molecule has 0 saturated heterocycles. The minimum absolute atomic E-state index is 0.00757. The zero-order valence-electron chi connectivity index (χ0n) is 15.1. The molecular formula is C20H23Cl2NO2S. The smallest absolute Gasteiger partial charge is 0.230 e. The summed E-state index contributed by atoms with van der Waals surface area (Å²) in [5.74, 6) is 1.91. The highest BCUT2D eigenvalue weighted by Crippen LogP contribution is 2.26. The number of hydrogen-bond acceptors (Lipinski definition) is 3. The minimum Gasteiger partial charge on any atom is -0.496 e. The van der Waals surface area contributed by atoms with Gasteiger partial charge in [0.05, 0.1) is 18.9 Å². The largest absolute Gasteiger partial charge is 0.496 e. The molecular weight excluding hydrogens is 389 g/mol. The molecule has 1 amide bonds. The van der Waals surface area contributed by atoms with Crippen molar-refractivity contribution in [2.24, 2.45) is 0 Å². The summed E-state index contributed by atoms with van der Waals surface area (Å²) in [4.78, 5) is 12.3. The van der Waals surface area contributed by atoms with Crippen LogP contribution in [-0.2, 0) is 10.5 Å². The van der Waals surface area contributed by atoms with E-state index in [0.29, 0.717) is 21.6 Å². The molecule has 0 aliphatic carbocycles. The van der Waals surface area contributed by atoms with Gasteiger partial charge < -0.3 is 10.1 Å². The summed E-state index contributed by atoms with van der Waals surface area (Å²) < 4.78 is 5.30. The Kier molecular flexibility index (Phi) is 8.14. The van der Waals surface area contributed by atoms with Crippen molar-refractivity contribution in [3.8, 4) is 5.75 Å². The maximum Gasteiger partial charge on any atom is 0.230 e. The maximum atomic E-state index is 12.3. The number of hydrogen-bond donors (Lipinski definition) is 1. The monoisotopic (exact) mass is 411 g/mol. The Morgan fingerprint density at radius 1 is 1.23 bits per heavy atom. The molecule has 0 bridgehead atoms. The summed E-state index contributed by atoms with van der Waals surface area (Å²) in [6, 6.07) is 11.4. The number of methoxy groups -OCH3 is 1. The summed E-state index contributed by atoms with van der Waals surface area (Å²) in [6.45, 7) is 4.06. The van der Waals surface area contributed by atoms with E-state index in [1.165, 1.54) is 11.8 Å². The van der Waals surface area contributed by atoms with Gasteiger partial charge in [-0.3, -0.25) is 4.79 Å². The first-order valence-electron chi connectivity index (χ1n) is 8.40. The molecule has 0 saturated carbocycles. The highest BCUT2D eigenvalue weighted by atomic mass is 35.5. The van der Waals surface area contributed by atoms with Crippen molar-refractivity contribution in [2.45, 2.75) is 32.1 Å². The van der Waals surface area contributed by atoms with Gasteiger partial charge in [-0.15, -0.1) is 11.8 Å². The Bertz CT molecular complexity index is 767. The van der Waals surface area contributed by atoms with E-state index in [1.807, 2.05) is 31.2 Å². The van der Waals surface area contributed by atoms with E-state index in [4.69, 9.17) is 27.9 Å². The molecule has 0 radical (unpaired) electrons. The molecule has 2 aromatic carbocycles. The quantitative estimate of drug-likeness (QED) is 0.595. The number of amides is 1. The highest BCUT2D eigenvalue weighted by Gasteiger charge is 2.14. The Morgan fingerprint density at radius 2 is 2.00 bits per heavy atom. The first-order valence-corrected chi connectivity index (χ1v) is 10.3. The fourth-order valence-electron chi connectivity index (χ4n) is 2.67. The Hall–Kier alpha value is -1.36. The van der Waals surface area contributed by atoms with Crippen LogP contribution < -0.4 is 10.1 Å². The van der Waals surface area contributed by atoms with Crippen LogP contribution in [0.2, 0.25) is 10.0 Å². The van der Waals surface area contributed by atoms with Crippen LogP contribution in [0.25, 0.3) is 0 Å². The SMILES string of the molecule is CC[C@H](NC(=O)CSCc1ccc(Cl)cc1Cl)c1ccc(OC)c(C)c1. The van der Waals surface area contributed by atoms with Crippen molar-refractivity contribution < 1.29 is 9.53 Å². The van der Waals surface area contributed by atoms with Gasteiger partial charge in [0.25, 0.3) is 0 Å². The number of benzene rings is 2. The van der Waals surface area contributed by atoms with Gasteiger partial charge in [0.1, 0.15) is 5.75 Å². The second-order valence-corrected chi connectivity index (χ2v) is 7.82. The first kappa shape index (κ1) is 20.9. The topological polar surface area (TPSA) is 38.3 Å². The van der Waals surface area contributed by atoms with Gasteiger partial charge in [0.15, 0.2) is 0 Å². The number of halogens is 2. The Labute approximate surface area is 169 Å². The number of rotatable bonds is 8. The third-order valence-corrected chi connectivity index (χ3v) is 5.64. The molecule has 26 heavy (non-hydrogen) atoms. The third kappa shape index (κ3) is 5.83. The molecule has 2 aromatic rings. The van der Waals surface area contributed by atoms with Crippen LogP contribution >= 0.6 is 35.0 Å². The molecule has 0 aromatic heterocycles. The molecule has 1 atom stereocenters. The van der Waals surface area contributed by atoms with E-state index in [1.54, 1.807) is 13.2 Å². The molecule has 0 fully saturated rings. The van der Waals surface area contributed by atoms with Gasteiger partial charge in [-0.2, -0.15) is 0 Å². The first-order chi connectivity index (χ1) is 12.4. The van der Waals surface area contributed by atoms with Crippen molar-refractivity contribution >= 4 is 40.9 Å². The second-order valence-electron chi connectivity index (χ2n) is 5.99. The van der Waals surface area contributed by atoms with Gasteiger partial charge in [-0.1, -0.05) is 48.3 Å². The lowest BCUT2D eigenvalue weighted by molar-refractivity contribution is -0.119. The number of ether oxygens (including phenoxy) is 1. The number of aryl methyl sites for hydroxylation is 1.